The number of hydrogen-bond donors (Lipinski definition) is 0. The molecule has 0 saturated heterocycles. The summed E-state index contributed by atoms with van der Waals surface area (Å²) in [5.41, 5.74) is 0.728. The Labute approximate surface area is 115 Å². The van der Waals surface area contributed by atoms with E-state index in [1.165, 1.54) is 12.1 Å². The van der Waals surface area contributed by atoms with Crippen molar-refractivity contribution in [3.8, 4) is 6.01 Å². The van der Waals surface area contributed by atoms with E-state index in [2.05, 4.69) is 15.0 Å². The molecule has 1 aromatic carbocycles. The highest BCUT2D eigenvalue weighted by Gasteiger charge is 2.11. The van der Waals surface area contributed by atoms with E-state index < -0.39 is 0 Å². The molecule has 0 bridgehead atoms. The third-order valence-electron chi connectivity index (χ3n) is 2.36. The number of halogens is 2. The molecule has 1 heterocycles. The fraction of sp³-hybridized carbons (Fsp3) is 0.250. The highest BCUT2D eigenvalue weighted by atomic mass is 35.5. The Morgan fingerprint density at radius 3 is 2.53 bits per heavy atom. The lowest BCUT2D eigenvalue weighted by Gasteiger charge is -2.17. The first-order valence-electron chi connectivity index (χ1n) is 5.64. The summed E-state index contributed by atoms with van der Waals surface area (Å²) in [6.45, 7) is 2.25. The number of aromatic nitrogens is 3. The molecular formula is C12H12ClFN4O. The maximum absolute atomic E-state index is 12.9. The molecule has 0 fully saturated rings. The second-order valence-electron chi connectivity index (χ2n) is 3.66. The normalized spacial score (nSPS) is 10.3. The van der Waals surface area contributed by atoms with Crippen LogP contribution in [0.3, 0.4) is 0 Å². The average molecular weight is 283 g/mol. The third kappa shape index (κ3) is 3.29. The van der Waals surface area contributed by atoms with Crippen LogP contribution in [0.2, 0.25) is 5.28 Å². The first kappa shape index (κ1) is 13.5. The average Bonchev–Trinajstić information content (AvgIpc) is 2.38. The lowest BCUT2D eigenvalue weighted by atomic mass is 10.3. The molecule has 0 amide bonds. The minimum absolute atomic E-state index is 0.0439. The van der Waals surface area contributed by atoms with Crippen LogP contribution in [0.15, 0.2) is 24.3 Å². The Bertz CT molecular complexity index is 564. The molecule has 0 atom stereocenters. The standard InChI is InChI=1S/C12H12ClFN4O/c1-3-19-12-16-10(13)15-11(17-12)18(2)9-6-4-8(14)5-7-9/h4-7H,3H2,1-2H3. The first-order valence-corrected chi connectivity index (χ1v) is 6.01. The largest absolute Gasteiger partial charge is 0.464 e. The van der Waals surface area contributed by atoms with Gasteiger partial charge in [0.1, 0.15) is 5.82 Å². The van der Waals surface area contributed by atoms with Crippen molar-refractivity contribution < 1.29 is 9.13 Å². The summed E-state index contributed by atoms with van der Waals surface area (Å²) < 4.78 is 18.1. The van der Waals surface area contributed by atoms with Gasteiger partial charge in [0.2, 0.25) is 11.2 Å². The van der Waals surface area contributed by atoms with Gasteiger partial charge >= 0.3 is 6.01 Å². The van der Waals surface area contributed by atoms with Crippen LogP contribution in [0.25, 0.3) is 0 Å². The van der Waals surface area contributed by atoms with Gasteiger partial charge in [-0.15, -0.1) is 0 Å². The van der Waals surface area contributed by atoms with Crippen LogP contribution in [0.5, 0.6) is 6.01 Å². The summed E-state index contributed by atoms with van der Waals surface area (Å²) in [6.07, 6.45) is 0. The number of benzene rings is 1. The van der Waals surface area contributed by atoms with Crippen molar-refractivity contribution in [2.45, 2.75) is 6.92 Å². The smallest absolute Gasteiger partial charge is 0.322 e. The van der Waals surface area contributed by atoms with E-state index in [-0.39, 0.29) is 17.1 Å². The fourth-order valence-corrected chi connectivity index (χ4v) is 1.59. The van der Waals surface area contributed by atoms with E-state index in [1.54, 1.807) is 24.1 Å². The number of rotatable bonds is 4. The van der Waals surface area contributed by atoms with Crippen molar-refractivity contribution in [2.75, 3.05) is 18.6 Å². The van der Waals surface area contributed by atoms with Gasteiger partial charge in [-0.1, -0.05) is 0 Å². The first-order chi connectivity index (χ1) is 9.10. The van der Waals surface area contributed by atoms with Crippen LogP contribution in [0.1, 0.15) is 6.92 Å². The summed E-state index contributed by atoms with van der Waals surface area (Å²) in [5, 5.41) is 0.0439. The maximum Gasteiger partial charge on any atom is 0.322 e. The summed E-state index contributed by atoms with van der Waals surface area (Å²) in [7, 11) is 1.74. The summed E-state index contributed by atoms with van der Waals surface area (Å²) in [6, 6.07) is 6.11. The van der Waals surface area contributed by atoms with Crippen molar-refractivity contribution in [1.29, 1.82) is 0 Å². The Morgan fingerprint density at radius 1 is 1.21 bits per heavy atom. The molecule has 1 aromatic heterocycles. The Kier molecular flexibility index (Phi) is 4.11. The summed E-state index contributed by atoms with van der Waals surface area (Å²) in [5.74, 6) is 0.0240. The van der Waals surface area contributed by atoms with Crippen LogP contribution >= 0.6 is 11.6 Å². The van der Waals surface area contributed by atoms with Crippen LogP contribution in [0.4, 0.5) is 16.0 Å². The van der Waals surface area contributed by atoms with E-state index in [0.29, 0.717) is 12.6 Å². The highest BCUT2D eigenvalue weighted by molar-refractivity contribution is 6.28. The van der Waals surface area contributed by atoms with Gasteiger partial charge in [-0.3, -0.25) is 0 Å². The summed E-state index contributed by atoms with van der Waals surface area (Å²) in [4.78, 5) is 13.6. The van der Waals surface area contributed by atoms with Crippen LogP contribution in [0, 0.1) is 5.82 Å². The Hall–Kier alpha value is -1.95. The van der Waals surface area contributed by atoms with Gasteiger partial charge < -0.3 is 9.64 Å². The van der Waals surface area contributed by atoms with Gasteiger partial charge in [0.15, 0.2) is 0 Å². The molecular weight excluding hydrogens is 271 g/mol. The molecule has 7 heteroatoms. The predicted molar refractivity (Wildman–Crippen MR) is 70.5 cm³/mol. The zero-order valence-corrected chi connectivity index (χ0v) is 11.2. The van der Waals surface area contributed by atoms with E-state index in [9.17, 15) is 4.39 Å². The SMILES string of the molecule is CCOc1nc(Cl)nc(N(C)c2ccc(F)cc2)n1. The number of hydrogen-bond acceptors (Lipinski definition) is 5. The monoisotopic (exact) mass is 282 g/mol. The highest BCUT2D eigenvalue weighted by Crippen LogP contribution is 2.22. The lowest BCUT2D eigenvalue weighted by Crippen LogP contribution is -2.14. The molecule has 0 aliphatic heterocycles. The van der Waals surface area contributed by atoms with E-state index in [1.807, 2.05) is 6.92 Å². The minimum Gasteiger partial charge on any atom is -0.464 e. The lowest BCUT2D eigenvalue weighted by molar-refractivity contribution is 0.311. The van der Waals surface area contributed by atoms with E-state index in [4.69, 9.17) is 16.3 Å². The van der Waals surface area contributed by atoms with E-state index in [0.717, 1.165) is 5.69 Å². The van der Waals surface area contributed by atoms with Crippen LogP contribution < -0.4 is 9.64 Å². The molecule has 0 N–H and O–H groups in total. The van der Waals surface area contributed by atoms with Gasteiger partial charge in [0.05, 0.1) is 6.61 Å². The van der Waals surface area contributed by atoms with Gasteiger partial charge in [0.25, 0.3) is 0 Å². The third-order valence-corrected chi connectivity index (χ3v) is 2.53. The molecule has 0 aliphatic rings. The van der Waals surface area contributed by atoms with Gasteiger partial charge in [-0.2, -0.15) is 15.0 Å². The molecule has 0 saturated carbocycles. The maximum atomic E-state index is 12.9. The van der Waals surface area contributed by atoms with Crippen molar-refractivity contribution in [1.82, 2.24) is 15.0 Å². The molecule has 19 heavy (non-hydrogen) atoms. The second kappa shape index (κ2) is 5.79. The van der Waals surface area contributed by atoms with Gasteiger partial charge in [-0.25, -0.2) is 4.39 Å². The van der Waals surface area contributed by atoms with Crippen LogP contribution in [-0.2, 0) is 0 Å². The predicted octanol–water partition coefficient (Wildman–Crippen LogP) is 2.83. The van der Waals surface area contributed by atoms with Crippen molar-refractivity contribution in [3.63, 3.8) is 0 Å². The second-order valence-corrected chi connectivity index (χ2v) is 3.99. The number of ether oxygens (including phenoxy) is 1. The molecule has 0 spiro atoms. The summed E-state index contributed by atoms with van der Waals surface area (Å²) >= 11 is 5.81. The minimum atomic E-state index is -0.305. The quantitative estimate of drug-likeness (QED) is 0.863. The zero-order valence-electron chi connectivity index (χ0n) is 10.5. The van der Waals surface area contributed by atoms with Crippen molar-refractivity contribution >= 4 is 23.2 Å². The zero-order chi connectivity index (χ0) is 13.8. The Morgan fingerprint density at radius 2 is 1.89 bits per heavy atom. The molecule has 100 valence electrons. The molecule has 2 rings (SSSR count). The molecule has 0 radical (unpaired) electrons. The van der Waals surface area contributed by atoms with E-state index >= 15 is 0 Å². The van der Waals surface area contributed by atoms with Crippen LogP contribution in [-0.4, -0.2) is 28.6 Å². The Balaban J connectivity index is 2.32. The topological polar surface area (TPSA) is 51.1 Å². The molecule has 0 aliphatic carbocycles. The fourth-order valence-electron chi connectivity index (χ4n) is 1.45. The van der Waals surface area contributed by atoms with Gasteiger partial charge in [-0.05, 0) is 42.8 Å². The number of nitrogens with zero attached hydrogens (tertiary/aromatic N) is 4. The number of anilines is 2. The van der Waals surface area contributed by atoms with Crippen molar-refractivity contribution in [2.24, 2.45) is 0 Å². The molecule has 5 nitrogen and oxygen atoms in total. The molecule has 2 aromatic rings. The van der Waals surface area contributed by atoms with Gasteiger partial charge in [0, 0.05) is 12.7 Å². The van der Waals surface area contributed by atoms with Crippen molar-refractivity contribution in [3.05, 3.63) is 35.4 Å². The molecule has 0 unspecified atom stereocenters.